The molecule has 0 spiro atoms. The van der Waals surface area contributed by atoms with Crippen molar-refractivity contribution in [3.05, 3.63) is 34.9 Å². The Morgan fingerprint density at radius 1 is 1.33 bits per heavy atom. The number of hydrogen-bond acceptors (Lipinski definition) is 5. The first-order valence-corrected chi connectivity index (χ1v) is 7.12. The molecule has 0 aliphatic heterocycles. The Hall–Kier alpha value is -1.95. The maximum atomic E-state index is 10.9. The number of aromatic nitrogens is 4. The van der Waals surface area contributed by atoms with Gasteiger partial charge in [0, 0.05) is 11.6 Å². The van der Waals surface area contributed by atoms with Gasteiger partial charge in [-0.15, -0.1) is 0 Å². The third-order valence-electron chi connectivity index (χ3n) is 3.42. The number of rotatable bonds is 5. The monoisotopic (exact) mass is 290 g/mol. The minimum absolute atomic E-state index is 0.125. The molecular formula is C15H22N4O2. The summed E-state index contributed by atoms with van der Waals surface area (Å²) in [5.41, 5.74) is 2.96. The summed E-state index contributed by atoms with van der Waals surface area (Å²) < 4.78 is 7.12. The summed E-state index contributed by atoms with van der Waals surface area (Å²) in [6.07, 6.45) is 1.50. The quantitative estimate of drug-likeness (QED) is 0.914. The predicted molar refractivity (Wildman–Crippen MR) is 79.4 cm³/mol. The highest BCUT2D eigenvalue weighted by molar-refractivity contribution is 5.37. The molecule has 1 atom stereocenters. The van der Waals surface area contributed by atoms with Crippen LogP contribution < -0.4 is 4.74 Å². The molecule has 2 rings (SSSR count). The average molecular weight is 290 g/mol. The van der Waals surface area contributed by atoms with Crippen LogP contribution in [-0.2, 0) is 6.42 Å². The molecule has 0 saturated heterocycles. The molecule has 21 heavy (non-hydrogen) atoms. The van der Waals surface area contributed by atoms with Crippen LogP contribution in [0.15, 0.2) is 12.3 Å². The molecule has 0 aliphatic rings. The molecule has 1 unspecified atom stereocenters. The number of ether oxygens (including phenoxy) is 1. The number of nitrogens with zero attached hydrogens (tertiary/aromatic N) is 4. The van der Waals surface area contributed by atoms with E-state index in [9.17, 15) is 5.11 Å². The molecular weight excluding hydrogens is 268 g/mol. The van der Waals surface area contributed by atoms with Gasteiger partial charge in [-0.2, -0.15) is 15.3 Å². The number of aryl methyl sites for hydroxylation is 2. The smallest absolute Gasteiger partial charge is 0.163 e. The summed E-state index contributed by atoms with van der Waals surface area (Å²) in [5, 5.41) is 23.4. The standard InChI is InChI=1S/C15H22N4O2/c1-6-12-11(7-10(4)17-18-12)15(20)14-13(21-5)8-16-19(14)9(2)3/h7-9,15,20H,6H2,1-5H3. The van der Waals surface area contributed by atoms with E-state index in [1.165, 1.54) is 0 Å². The van der Waals surface area contributed by atoms with Gasteiger partial charge in [0.1, 0.15) is 11.8 Å². The number of hydrogen-bond donors (Lipinski definition) is 1. The first kappa shape index (κ1) is 15.4. The molecule has 0 radical (unpaired) electrons. The van der Waals surface area contributed by atoms with E-state index in [1.807, 2.05) is 33.8 Å². The van der Waals surface area contributed by atoms with Crippen molar-refractivity contribution in [2.45, 2.75) is 46.3 Å². The van der Waals surface area contributed by atoms with Crippen molar-refractivity contribution in [3.8, 4) is 5.75 Å². The molecule has 2 aromatic heterocycles. The van der Waals surface area contributed by atoms with Crippen molar-refractivity contribution in [3.63, 3.8) is 0 Å². The minimum Gasteiger partial charge on any atom is -0.493 e. The average Bonchev–Trinajstić information content (AvgIpc) is 2.90. The second-order valence-corrected chi connectivity index (χ2v) is 5.28. The largest absolute Gasteiger partial charge is 0.493 e. The van der Waals surface area contributed by atoms with E-state index in [1.54, 1.807) is 18.0 Å². The normalized spacial score (nSPS) is 12.7. The van der Waals surface area contributed by atoms with Crippen LogP contribution in [0, 0.1) is 6.92 Å². The van der Waals surface area contributed by atoms with Crippen LogP contribution in [0.3, 0.4) is 0 Å². The predicted octanol–water partition coefficient (Wildman–Crippen LogP) is 2.22. The van der Waals surface area contributed by atoms with Crippen molar-refractivity contribution in [2.75, 3.05) is 7.11 Å². The van der Waals surface area contributed by atoms with E-state index < -0.39 is 6.10 Å². The molecule has 0 aliphatic carbocycles. The maximum Gasteiger partial charge on any atom is 0.163 e. The zero-order valence-electron chi connectivity index (χ0n) is 13.2. The Morgan fingerprint density at radius 3 is 2.62 bits per heavy atom. The van der Waals surface area contributed by atoms with Gasteiger partial charge >= 0.3 is 0 Å². The fraction of sp³-hybridized carbons (Fsp3) is 0.533. The summed E-state index contributed by atoms with van der Waals surface area (Å²) in [6, 6.07) is 1.99. The minimum atomic E-state index is -0.839. The van der Waals surface area contributed by atoms with Gasteiger partial charge in [-0.05, 0) is 33.3 Å². The molecule has 0 fully saturated rings. The third-order valence-corrected chi connectivity index (χ3v) is 3.42. The summed E-state index contributed by atoms with van der Waals surface area (Å²) >= 11 is 0. The van der Waals surface area contributed by atoms with Gasteiger partial charge in [-0.3, -0.25) is 4.68 Å². The van der Waals surface area contributed by atoms with Crippen LogP contribution in [0.2, 0.25) is 0 Å². The number of aliphatic hydroxyl groups is 1. The number of methoxy groups -OCH3 is 1. The fourth-order valence-electron chi connectivity index (χ4n) is 2.38. The van der Waals surface area contributed by atoms with Crippen LogP contribution in [-0.4, -0.2) is 32.2 Å². The van der Waals surface area contributed by atoms with Gasteiger partial charge in [0.25, 0.3) is 0 Å². The Kier molecular flexibility index (Phi) is 4.57. The Balaban J connectivity index is 2.56. The van der Waals surface area contributed by atoms with E-state index in [4.69, 9.17) is 4.74 Å². The highest BCUT2D eigenvalue weighted by Crippen LogP contribution is 2.33. The molecule has 6 heteroatoms. The molecule has 1 N–H and O–H groups in total. The first-order chi connectivity index (χ1) is 9.99. The van der Waals surface area contributed by atoms with Crippen LogP contribution in [0.4, 0.5) is 0 Å². The van der Waals surface area contributed by atoms with Gasteiger partial charge in [-0.1, -0.05) is 6.92 Å². The zero-order valence-corrected chi connectivity index (χ0v) is 13.2. The van der Waals surface area contributed by atoms with E-state index in [-0.39, 0.29) is 6.04 Å². The van der Waals surface area contributed by atoms with Gasteiger partial charge in [0.05, 0.1) is 24.7 Å². The molecule has 0 aromatic carbocycles. The highest BCUT2D eigenvalue weighted by Gasteiger charge is 2.25. The van der Waals surface area contributed by atoms with Crippen LogP contribution in [0.1, 0.15) is 55.6 Å². The highest BCUT2D eigenvalue weighted by atomic mass is 16.5. The SMILES string of the molecule is CCc1nnc(C)cc1C(O)c1c(OC)cnn1C(C)C. The van der Waals surface area contributed by atoms with Gasteiger partial charge in [0.15, 0.2) is 5.75 Å². The van der Waals surface area contributed by atoms with E-state index >= 15 is 0 Å². The van der Waals surface area contributed by atoms with Crippen molar-refractivity contribution < 1.29 is 9.84 Å². The van der Waals surface area contributed by atoms with Crippen molar-refractivity contribution in [1.82, 2.24) is 20.0 Å². The molecule has 0 saturated carbocycles. The molecule has 0 bridgehead atoms. The third kappa shape index (κ3) is 2.90. The zero-order chi connectivity index (χ0) is 15.6. The summed E-state index contributed by atoms with van der Waals surface area (Å²) in [5.74, 6) is 0.577. The Labute approximate surface area is 124 Å². The van der Waals surface area contributed by atoms with Crippen LogP contribution in [0.25, 0.3) is 0 Å². The molecule has 114 valence electrons. The summed E-state index contributed by atoms with van der Waals surface area (Å²) in [7, 11) is 1.58. The lowest BCUT2D eigenvalue weighted by Crippen LogP contribution is -2.15. The maximum absolute atomic E-state index is 10.9. The van der Waals surface area contributed by atoms with Gasteiger partial charge < -0.3 is 9.84 Å². The van der Waals surface area contributed by atoms with E-state index in [0.29, 0.717) is 17.9 Å². The number of aliphatic hydroxyl groups excluding tert-OH is 1. The summed E-state index contributed by atoms with van der Waals surface area (Å²) in [4.78, 5) is 0. The first-order valence-electron chi connectivity index (χ1n) is 7.12. The van der Waals surface area contributed by atoms with Crippen molar-refractivity contribution >= 4 is 0 Å². The molecule has 2 heterocycles. The van der Waals surface area contributed by atoms with Gasteiger partial charge in [0.2, 0.25) is 0 Å². The Morgan fingerprint density at radius 2 is 2.05 bits per heavy atom. The molecule has 0 amide bonds. The van der Waals surface area contributed by atoms with Crippen molar-refractivity contribution in [2.24, 2.45) is 0 Å². The summed E-state index contributed by atoms with van der Waals surface area (Å²) in [6.45, 7) is 7.88. The lowest BCUT2D eigenvalue weighted by atomic mass is 10.0. The second-order valence-electron chi connectivity index (χ2n) is 5.28. The molecule has 2 aromatic rings. The fourth-order valence-corrected chi connectivity index (χ4v) is 2.38. The van der Waals surface area contributed by atoms with Crippen LogP contribution >= 0.6 is 0 Å². The lowest BCUT2D eigenvalue weighted by molar-refractivity contribution is 0.197. The van der Waals surface area contributed by atoms with Crippen molar-refractivity contribution in [1.29, 1.82) is 0 Å². The van der Waals surface area contributed by atoms with Gasteiger partial charge in [-0.25, -0.2) is 0 Å². The Bertz CT molecular complexity index is 622. The lowest BCUT2D eigenvalue weighted by Gasteiger charge is -2.19. The van der Waals surface area contributed by atoms with Crippen LogP contribution in [0.5, 0.6) is 5.75 Å². The topological polar surface area (TPSA) is 73.1 Å². The second kappa shape index (κ2) is 6.22. The van der Waals surface area contributed by atoms with E-state index in [0.717, 1.165) is 17.0 Å². The van der Waals surface area contributed by atoms with E-state index in [2.05, 4.69) is 15.3 Å². The molecule has 6 nitrogen and oxygen atoms in total.